The second-order valence-electron chi connectivity index (χ2n) is 5.58. The van der Waals surface area contributed by atoms with Crippen LogP contribution in [0.4, 0.5) is 5.69 Å². The lowest BCUT2D eigenvalue weighted by Gasteiger charge is -2.09. The van der Waals surface area contributed by atoms with E-state index in [1.54, 1.807) is 7.48 Å². The van der Waals surface area contributed by atoms with Crippen LogP contribution in [-0.4, -0.2) is 13.4 Å². The van der Waals surface area contributed by atoms with Gasteiger partial charge in [0.1, 0.15) is 0 Å². The number of carbonyl (C=O) groups excluding carboxylic acids is 1. The zero-order chi connectivity index (χ0) is 14.8. The molecule has 1 amide bonds. The van der Waals surface area contributed by atoms with Crippen LogP contribution in [0.3, 0.4) is 0 Å². The molecule has 0 atom stereocenters. The van der Waals surface area contributed by atoms with Crippen molar-refractivity contribution in [3.63, 3.8) is 0 Å². The highest BCUT2D eigenvalue weighted by molar-refractivity contribution is 6.49. The molecule has 21 heavy (non-hydrogen) atoms. The summed E-state index contributed by atoms with van der Waals surface area (Å²) in [5.41, 5.74) is 4.81. The summed E-state index contributed by atoms with van der Waals surface area (Å²) < 4.78 is 5.26. The first kappa shape index (κ1) is 13.9. The van der Waals surface area contributed by atoms with Gasteiger partial charge >= 0.3 is 7.48 Å². The van der Waals surface area contributed by atoms with Crippen LogP contribution < -0.4 is 10.8 Å². The minimum Gasteiger partial charge on any atom is -0.430 e. The van der Waals surface area contributed by atoms with E-state index in [-0.39, 0.29) is 5.91 Å². The van der Waals surface area contributed by atoms with E-state index >= 15 is 0 Å². The van der Waals surface area contributed by atoms with Crippen LogP contribution in [0.1, 0.15) is 41.3 Å². The highest BCUT2D eigenvalue weighted by atomic mass is 16.4. The number of nitrogens with one attached hydrogen (secondary N) is 1. The Balaban J connectivity index is 1.78. The van der Waals surface area contributed by atoms with Crippen LogP contribution in [0, 0.1) is 0 Å². The van der Waals surface area contributed by atoms with E-state index in [9.17, 15) is 4.79 Å². The van der Waals surface area contributed by atoms with Gasteiger partial charge in [0.25, 0.3) is 5.91 Å². The van der Waals surface area contributed by atoms with Crippen molar-refractivity contribution in [2.45, 2.75) is 26.4 Å². The molecule has 1 heterocycles. The summed E-state index contributed by atoms with van der Waals surface area (Å²) in [4.78, 5) is 12.3. The SMILES string of the molecule is CC(C)c1cccc(C(=O)Nc2ccc3c(c2)[B]OC3)c1. The third-order valence-corrected chi connectivity index (χ3v) is 3.67. The molecule has 2 aromatic rings. The maximum absolute atomic E-state index is 12.3. The van der Waals surface area contributed by atoms with Gasteiger partial charge in [0.2, 0.25) is 0 Å². The van der Waals surface area contributed by atoms with E-state index in [2.05, 4.69) is 19.2 Å². The Morgan fingerprint density at radius 3 is 2.90 bits per heavy atom. The fourth-order valence-electron chi connectivity index (χ4n) is 2.38. The maximum atomic E-state index is 12.3. The molecular formula is C17H17BNO2. The third kappa shape index (κ3) is 3.00. The van der Waals surface area contributed by atoms with Crippen LogP contribution in [0.15, 0.2) is 42.5 Å². The highest BCUT2D eigenvalue weighted by Crippen LogP contribution is 2.17. The fourth-order valence-corrected chi connectivity index (χ4v) is 2.38. The van der Waals surface area contributed by atoms with Gasteiger partial charge in [-0.25, -0.2) is 0 Å². The number of hydrogen-bond acceptors (Lipinski definition) is 2. The van der Waals surface area contributed by atoms with Crippen molar-refractivity contribution in [2.24, 2.45) is 0 Å². The van der Waals surface area contributed by atoms with Crippen molar-refractivity contribution < 1.29 is 9.45 Å². The lowest BCUT2D eigenvalue weighted by molar-refractivity contribution is 0.102. The molecule has 3 nitrogen and oxygen atoms in total. The highest BCUT2D eigenvalue weighted by Gasteiger charge is 2.14. The van der Waals surface area contributed by atoms with Gasteiger partial charge in [0.15, 0.2) is 0 Å². The number of benzene rings is 2. The van der Waals surface area contributed by atoms with Crippen molar-refractivity contribution >= 4 is 24.5 Å². The normalized spacial score (nSPS) is 12.9. The number of amides is 1. The zero-order valence-electron chi connectivity index (χ0n) is 12.2. The summed E-state index contributed by atoms with van der Waals surface area (Å²) >= 11 is 0. The smallest absolute Gasteiger partial charge is 0.330 e. The first-order chi connectivity index (χ1) is 10.1. The van der Waals surface area contributed by atoms with Crippen molar-refractivity contribution in [1.29, 1.82) is 0 Å². The quantitative estimate of drug-likeness (QED) is 0.877. The molecule has 0 saturated heterocycles. The van der Waals surface area contributed by atoms with Crippen LogP contribution in [0.2, 0.25) is 0 Å². The molecule has 1 N–H and O–H groups in total. The molecule has 1 radical (unpaired) electrons. The first-order valence-corrected chi connectivity index (χ1v) is 7.12. The molecule has 4 heteroatoms. The van der Waals surface area contributed by atoms with Crippen molar-refractivity contribution in [1.82, 2.24) is 0 Å². The molecule has 1 aliphatic heterocycles. The standard InChI is InChI=1S/C17H17BNO2/c1-11(2)12-4-3-5-13(8-12)17(20)19-15-7-6-14-10-21-18-16(14)9-15/h3-9,11H,10H2,1-2H3,(H,19,20). The van der Waals surface area contributed by atoms with E-state index in [0.29, 0.717) is 18.1 Å². The Labute approximate surface area is 125 Å². The van der Waals surface area contributed by atoms with E-state index < -0.39 is 0 Å². The monoisotopic (exact) mass is 278 g/mol. The van der Waals surface area contributed by atoms with E-state index in [0.717, 1.165) is 16.7 Å². The summed E-state index contributed by atoms with van der Waals surface area (Å²) in [5.74, 6) is 0.320. The van der Waals surface area contributed by atoms with Gasteiger partial charge in [-0.1, -0.05) is 32.0 Å². The second-order valence-corrected chi connectivity index (χ2v) is 5.58. The van der Waals surface area contributed by atoms with Crippen LogP contribution >= 0.6 is 0 Å². The summed E-state index contributed by atoms with van der Waals surface area (Å²) in [7, 11) is 1.73. The lowest BCUT2D eigenvalue weighted by Crippen LogP contribution is -2.16. The predicted octanol–water partition coefficient (Wildman–Crippen LogP) is 2.84. The maximum Gasteiger partial charge on any atom is 0.330 e. The molecule has 0 aromatic heterocycles. The number of rotatable bonds is 3. The Hall–Kier alpha value is -2.07. The molecule has 2 aromatic carbocycles. The van der Waals surface area contributed by atoms with E-state index in [4.69, 9.17) is 4.65 Å². The van der Waals surface area contributed by atoms with E-state index in [1.807, 2.05) is 42.5 Å². The minimum absolute atomic E-state index is 0.0867. The second kappa shape index (κ2) is 5.74. The molecule has 0 saturated carbocycles. The minimum atomic E-state index is -0.0867. The number of anilines is 1. The molecule has 0 bridgehead atoms. The molecule has 0 unspecified atom stereocenters. The topological polar surface area (TPSA) is 38.3 Å². The van der Waals surface area contributed by atoms with Gasteiger partial charge in [-0.3, -0.25) is 4.79 Å². The average molecular weight is 278 g/mol. The van der Waals surface area contributed by atoms with Gasteiger partial charge in [0, 0.05) is 11.3 Å². The molecule has 1 aliphatic rings. The lowest BCUT2D eigenvalue weighted by atomic mass is 9.87. The third-order valence-electron chi connectivity index (χ3n) is 3.67. The molecular weight excluding hydrogens is 261 g/mol. The van der Waals surface area contributed by atoms with Gasteiger partial charge in [-0.2, -0.15) is 0 Å². The number of carbonyl (C=O) groups is 1. The van der Waals surface area contributed by atoms with Gasteiger partial charge in [-0.15, -0.1) is 0 Å². The van der Waals surface area contributed by atoms with Crippen LogP contribution in [0.5, 0.6) is 0 Å². The molecule has 105 valence electrons. The largest absolute Gasteiger partial charge is 0.430 e. The Kier molecular flexibility index (Phi) is 3.80. The Morgan fingerprint density at radius 2 is 2.10 bits per heavy atom. The summed E-state index contributed by atoms with van der Waals surface area (Å²) in [5, 5.41) is 2.94. The van der Waals surface area contributed by atoms with Crippen molar-refractivity contribution in [3.8, 4) is 0 Å². The first-order valence-electron chi connectivity index (χ1n) is 7.12. The van der Waals surface area contributed by atoms with Gasteiger partial charge < -0.3 is 9.97 Å². The Morgan fingerprint density at radius 1 is 1.24 bits per heavy atom. The Bertz CT molecular complexity index is 682. The van der Waals surface area contributed by atoms with Crippen LogP contribution in [-0.2, 0) is 11.3 Å². The zero-order valence-corrected chi connectivity index (χ0v) is 12.2. The van der Waals surface area contributed by atoms with Gasteiger partial charge in [0.05, 0.1) is 6.61 Å². The average Bonchev–Trinajstić information content (AvgIpc) is 2.95. The summed E-state index contributed by atoms with van der Waals surface area (Å²) in [6.45, 7) is 4.85. The summed E-state index contributed by atoms with van der Waals surface area (Å²) in [6.07, 6.45) is 0. The fraction of sp³-hybridized carbons (Fsp3) is 0.235. The molecule has 3 rings (SSSR count). The molecule has 0 fully saturated rings. The molecule has 0 spiro atoms. The van der Waals surface area contributed by atoms with E-state index in [1.165, 1.54) is 5.56 Å². The molecule has 0 aliphatic carbocycles. The van der Waals surface area contributed by atoms with Crippen molar-refractivity contribution in [3.05, 3.63) is 59.2 Å². The van der Waals surface area contributed by atoms with Gasteiger partial charge in [-0.05, 0) is 46.8 Å². The number of hydrogen-bond donors (Lipinski definition) is 1. The predicted molar refractivity (Wildman–Crippen MR) is 85.1 cm³/mol. The van der Waals surface area contributed by atoms with Crippen molar-refractivity contribution in [2.75, 3.05) is 5.32 Å². The van der Waals surface area contributed by atoms with Crippen LogP contribution in [0.25, 0.3) is 0 Å². The summed E-state index contributed by atoms with van der Waals surface area (Å²) in [6, 6.07) is 13.6. The number of fused-ring (bicyclic) bond motifs is 1.